The predicted octanol–water partition coefficient (Wildman–Crippen LogP) is 3.11. The van der Waals surface area contributed by atoms with E-state index in [1.807, 2.05) is 6.92 Å². The van der Waals surface area contributed by atoms with Crippen molar-refractivity contribution in [3.8, 4) is 0 Å². The molecule has 0 aromatic heterocycles. The number of amides is 2. The quantitative estimate of drug-likeness (QED) is 0.837. The fraction of sp³-hybridized carbons (Fsp3) is 0.579. The molecule has 2 saturated heterocycles. The SMILES string of the molecule is CCCC(=O)N1CC[C@]2(CCCN(Cc3cccc(F)c3F)C2=O)C1. The van der Waals surface area contributed by atoms with Gasteiger partial charge in [-0.05, 0) is 31.7 Å². The smallest absolute Gasteiger partial charge is 0.230 e. The van der Waals surface area contributed by atoms with Crippen molar-refractivity contribution in [2.75, 3.05) is 19.6 Å². The van der Waals surface area contributed by atoms with Gasteiger partial charge >= 0.3 is 0 Å². The second-order valence-electron chi connectivity index (χ2n) is 7.14. The standard InChI is InChI=1S/C19H24F2N2O2/c1-2-5-16(24)23-11-9-19(13-23)8-4-10-22(18(19)25)12-14-6-3-7-15(20)17(14)21/h3,6-7H,2,4-5,8-13H2,1H3/t19-/m1/s1. The summed E-state index contributed by atoms with van der Waals surface area (Å²) in [5.41, 5.74) is -0.354. The van der Waals surface area contributed by atoms with Crippen LogP contribution in [-0.4, -0.2) is 41.2 Å². The number of benzene rings is 1. The zero-order valence-corrected chi connectivity index (χ0v) is 14.6. The Morgan fingerprint density at radius 2 is 2.04 bits per heavy atom. The average Bonchev–Trinajstić information content (AvgIpc) is 3.02. The molecule has 1 spiro atoms. The van der Waals surface area contributed by atoms with E-state index in [9.17, 15) is 18.4 Å². The van der Waals surface area contributed by atoms with Gasteiger partial charge in [0.2, 0.25) is 11.8 Å². The van der Waals surface area contributed by atoms with Gasteiger partial charge in [0.25, 0.3) is 0 Å². The summed E-state index contributed by atoms with van der Waals surface area (Å²) in [4.78, 5) is 28.6. The third-order valence-electron chi connectivity index (χ3n) is 5.39. The highest BCUT2D eigenvalue weighted by Gasteiger charge is 2.49. The van der Waals surface area contributed by atoms with E-state index in [4.69, 9.17) is 0 Å². The highest BCUT2D eigenvalue weighted by atomic mass is 19.2. The molecule has 136 valence electrons. The average molecular weight is 350 g/mol. The summed E-state index contributed by atoms with van der Waals surface area (Å²) >= 11 is 0. The number of carbonyl (C=O) groups excluding carboxylic acids is 2. The van der Waals surface area contributed by atoms with E-state index in [2.05, 4.69) is 0 Å². The van der Waals surface area contributed by atoms with Crippen molar-refractivity contribution in [1.29, 1.82) is 0 Å². The van der Waals surface area contributed by atoms with Crippen LogP contribution in [-0.2, 0) is 16.1 Å². The molecule has 25 heavy (non-hydrogen) atoms. The molecule has 2 heterocycles. The number of piperidine rings is 1. The second-order valence-corrected chi connectivity index (χ2v) is 7.14. The van der Waals surface area contributed by atoms with Crippen LogP contribution < -0.4 is 0 Å². The van der Waals surface area contributed by atoms with Gasteiger partial charge in [-0.2, -0.15) is 0 Å². The first-order valence-electron chi connectivity index (χ1n) is 8.97. The Labute approximate surface area is 146 Å². The fourth-order valence-corrected chi connectivity index (χ4v) is 4.02. The van der Waals surface area contributed by atoms with Crippen LogP contribution in [0.3, 0.4) is 0 Å². The summed E-state index contributed by atoms with van der Waals surface area (Å²) in [6.45, 7) is 3.64. The first kappa shape index (κ1) is 17.8. The lowest BCUT2D eigenvalue weighted by atomic mass is 9.78. The number of likely N-dealkylation sites (tertiary alicyclic amines) is 2. The maximum absolute atomic E-state index is 13.9. The van der Waals surface area contributed by atoms with Crippen LogP contribution >= 0.6 is 0 Å². The molecular formula is C19H24F2N2O2. The maximum Gasteiger partial charge on any atom is 0.230 e. The van der Waals surface area contributed by atoms with Gasteiger partial charge in [0, 0.05) is 38.2 Å². The minimum Gasteiger partial charge on any atom is -0.342 e. The topological polar surface area (TPSA) is 40.6 Å². The van der Waals surface area contributed by atoms with Crippen molar-refractivity contribution >= 4 is 11.8 Å². The van der Waals surface area contributed by atoms with E-state index in [1.165, 1.54) is 12.1 Å². The van der Waals surface area contributed by atoms with Gasteiger partial charge in [0.15, 0.2) is 11.6 Å². The molecule has 1 atom stereocenters. The Hall–Kier alpha value is -1.98. The molecule has 4 nitrogen and oxygen atoms in total. The van der Waals surface area contributed by atoms with E-state index in [0.717, 1.165) is 25.3 Å². The van der Waals surface area contributed by atoms with Crippen LogP contribution in [0.25, 0.3) is 0 Å². The van der Waals surface area contributed by atoms with E-state index >= 15 is 0 Å². The lowest BCUT2D eigenvalue weighted by molar-refractivity contribution is -0.146. The van der Waals surface area contributed by atoms with Gasteiger partial charge in [-0.1, -0.05) is 19.1 Å². The first-order chi connectivity index (χ1) is 12.0. The van der Waals surface area contributed by atoms with Gasteiger partial charge in [0.05, 0.1) is 5.41 Å². The van der Waals surface area contributed by atoms with Crippen molar-refractivity contribution in [3.63, 3.8) is 0 Å². The van der Waals surface area contributed by atoms with Crippen LogP contribution in [0.4, 0.5) is 8.78 Å². The first-order valence-corrected chi connectivity index (χ1v) is 8.97. The third-order valence-corrected chi connectivity index (χ3v) is 5.39. The number of hydrogen-bond donors (Lipinski definition) is 0. The second kappa shape index (κ2) is 7.10. The Bertz CT molecular complexity index is 679. The number of halogens is 2. The molecule has 2 aliphatic rings. The van der Waals surface area contributed by atoms with Crippen molar-refractivity contribution < 1.29 is 18.4 Å². The largest absolute Gasteiger partial charge is 0.342 e. The fourth-order valence-electron chi connectivity index (χ4n) is 4.02. The van der Waals surface area contributed by atoms with E-state index in [1.54, 1.807) is 9.80 Å². The van der Waals surface area contributed by atoms with Crippen molar-refractivity contribution in [3.05, 3.63) is 35.4 Å². The van der Waals surface area contributed by atoms with Crippen LogP contribution in [0.5, 0.6) is 0 Å². The zero-order valence-electron chi connectivity index (χ0n) is 14.6. The lowest BCUT2D eigenvalue weighted by Crippen LogP contribution is -2.50. The molecule has 2 aliphatic heterocycles. The molecule has 0 aliphatic carbocycles. The van der Waals surface area contributed by atoms with E-state index in [0.29, 0.717) is 32.5 Å². The van der Waals surface area contributed by atoms with Gasteiger partial charge in [-0.3, -0.25) is 9.59 Å². The minimum atomic E-state index is -0.895. The van der Waals surface area contributed by atoms with Crippen LogP contribution in [0.15, 0.2) is 18.2 Å². The summed E-state index contributed by atoms with van der Waals surface area (Å²) in [5.74, 6) is -1.72. The number of carbonyl (C=O) groups is 2. The monoisotopic (exact) mass is 350 g/mol. The molecule has 0 unspecified atom stereocenters. The number of nitrogens with zero attached hydrogens (tertiary/aromatic N) is 2. The van der Waals surface area contributed by atoms with Crippen molar-refractivity contribution in [1.82, 2.24) is 9.80 Å². The molecule has 0 saturated carbocycles. The Kier molecular flexibility index (Phi) is 5.06. The lowest BCUT2D eigenvalue weighted by Gasteiger charge is -2.39. The summed E-state index contributed by atoms with van der Waals surface area (Å²) in [7, 11) is 0. The summed E-state index contributed by atoms with van der Waals surface area (Å²) in [6.07, 6.45) is 3.52. The highest BCUT2D eigenvalue weighted by Crippen LogP contribution is 2.40. The van der Waals surface area contributed by atoms with E-state index in [-0.39, 0.29) is 23.9 Å². The van der Waals surface area contributed by atoms with Gasteiger partial charge in [-0.15, -0.1) is 0 Å². The third kappa shape index (κ3) is 3.39. The summed E-state index contributed by atoms with van der Waals surface area (Å²) in [5, 5.41) is 0. The minimum absolute atomic E-state index is 0.0331. The maximum atomic E-state index is 13.9. The molecule has 0 N–H and O–H groups in total. The Balaban J connectivity index is 1.73. The molecule has 0 bridgehead atoms. The van der Waals surface area contributed by atoms with Crippen molar-refractivity contribution in [2.45, 2.75) is 45.6 Å². The number of rotatable bonds is 4. The molecule has 1 aromatic rings. The highest BCUT2D eigenvalue weighted by molar-refractivity contribution is 5.86. The number of hydrogen-bond acceptors (Lipinski definition) is 2. The van der Waals surface area contributed by atoms with Gasteiger partial charge < -0.3 is 9.80 Å². The van der Waals surface area contributed by atoms with Crippen LogP contribution in [0, 0.1) is 17.0 Å². The Morgan fingerprint density at radius 1 is 1.24 bits per heavy atom. The molecule has 2 amide bonds. The molecule has 1 aromatic carbocycles. The van der Waals surface area contributed by atoms with Crippen molar-refractivity contribution in [2.24, 2.45) is 5.41 Å². The van der Waals surface area contributed by atoms with Gasteiger partial charge in [0.1, 0.15) is 0 Å². The van der Waals surface area contributed by atoms with Crippen LogP contribution in [0.1, 0.15) is 44.6 Å². The molecule has 2 fully saturated rings. The molecular weight excluding hydrogens is 326 g/mol. The molecule has 3 rings (SSSR count). The summed E-state index contributed by atoms with van der Waals surface area (Å²) < 4.78 is 27.4. The normalized spacial score (nSPS) is 23.6. The van der Waals surface area contributed by atoms with Gasteiger partial charge in [-0.25, -0.2) is 8.78 Å². The predicted molar refractivity (Wildman–Crippen MR) is 89.5 cm³/mol. The zero-order chi connectivity index (χ0) is 18.0. The molecule has 0 radical (unpaired) electrons. The van der Waals surface area contributed by atoms with E-state index < -0.39 is 17.0 Å². The summed E-state index contributed by atoms with van der Waals surface area (Å²) in [6, 6.07) is 4.05. The van der Waals surface area contributed by atoms with Crippen LogP contribution in [0.2, 0.25) is 0 Å². The Morgan fingerprint density at radius 3 is 2.80 bits per heavy atom. The molecule has 6 heteroatoms.